The molecular formula is C17H23IN4OSi. The molecule has 0 aliphatic rings. The van der Waals surface area contributed by atoms with Crippen LogP contribution in [0.3, 0.4) is 0 Å². The van der Waals surface area contributed by atoms with E-state index in [9.17, 15) is 0 Å². The van der Waals surface area contributed by atoms with E-state index < -0.39 is 8.07 Å². The molecule has 128 valence electrons. The van der Waals surface area contributed by atoms with Crippen LogP contribution in [-0.4, -0.2) is 34.0 Å². The molecule has 7 heteroatoms. The normalized spacial score (nSPS) is 12.2. The van der Waals surface area contributed by atoms with E-state index in [1.165, 1.54) is 20.5 Å². The van der Waals surface area contributed by atoms with Crippen molar-refractivity contribution < 1.29 is 4.74 Å². The molecule has 24 heavy (non-hydrogen) atoms. The van der Waals surface area contributed by atoms with E-state index in [1.54, 1.807) is 11.0 Å². The van der Waals surface area contributed by atoms with Crippen LogP contribution in [0.4, 0.5) is 0 Å². The van der Waals surface area contributed by atoms with Gasteiger partial charge in [0.15, 0.2) is 5.82 Å². The van der Waals surface area contributed by atoms with Gasteiger partial charge in [0.25, 0.3) is 0 Å². The van der Waals surface area contributed by atoms with E-state index in [0.717, 1.165) is 18.0 Å². The number of aromatic nitrogens is 4. The van der Waals surface area contributed by atoms with E-state index in [0.29, 0.717) is 6.73 Å². The van der Waals surface area contributed by atoms with E-state index in [2.05, 4.69) is 81.3 Å². The van der Waals surface area contributed by atoms with Gasteiger partial charge in [-0.1, -0.05) is 19.6 Å². The van der Waals surface area contributed by atoms with Crippen LogP contribution in [0.1, 0.15) is 0 Å². The van der Waals surface area contributed by atoms with E-state index in [4.69, 9.17) is 4.74 Å². The van der Waals surface area contributed by atoms with E-state index in [1.807, 2.05) is 7.05 Å². The highest BCUT2D eigenvalue weighted by Gasteiger charge is 2.13. The number of rotatable bonds is 6. The van der Waals surface area contributed by atoms with Crippen LogP contribution in [0.25, 0.3) is 22.3 Å². The van der Waals surface area contributed by atoms with Crippen molar-refractivity contribution in [1.82, 2.24) is 19.3 Å². The predicted molar refractivity (Wildman–Crippen MR) is 109 cm³/mol. The molecule has 2 heterocycles. The molecule has 0 fully saturated rings. The SMILES string of the molecule is Cn1cnc(-c2ccc3c(c2)c(I)cn3COCC[Si](C)(C)C)n1. The maximum absolute atomic E-state index is 5.90. The van der Waals surface area contributed by atoms with Gasteiger partial charge in [0.2, 0.25) is 0 Å². The Morgan fingerprint density at radius 1 is 1.25 bits per heavy atom. The first-order valence-electron chi connectivity index (χ1n) is 8.06. The van der Waals surface area contributed by atoms with Crippen LogP contribution in [0.15, 0.2) is 30.7 Å². The Morgan fingerprint density at radius 3 is 2.71 bits per heavy atom. The molecule has 2 aromatic heterocycles. The van der Waals surface area contributed by atoms with Gasteiger partial charge in [-0.05, 0) is 46.8 Å². The first-order valence-corrected chi connectivity index (χ1v) is 12.8. The minimum absolute atomic E-state index is 0.602. The summed E-state index contributed by atoms with van der Waals surface area (Å²) in [6.45, 7) is 8.56. The van der Waals surface area contributed by atoms with Crippen molar-refractivity contribution in [3.8, 4) is 11.4 Å². The van der Waals surface area contributed by atoms with E-state index >= 15 is 0 Å². The van der Waals surface area contributed by atoms with Gasteiger partial charge in [-0.2, -0.15) is 5.10 Å². The van der Waals surface area contributed by atoms with Crippen LogP contribution in [0.2, 0.25) is 25.7 Å². The van der Waals surface area contributed by atoms with Crippen LogP contribution in [-0.2, 0) is 18.5 Å². The number of nitrogens with zero attached hydrogens (tertiary/aromatic N) is 4. The lowest BCUT2D eigenvalue weighted by atomic mass is 10.1. The average Bonchev–Trinajstić information content (AvgIpc) is 3.07. The molecule has 0 spiro atoms. The van der Waals surface area contributed by atoms with Crippen molar-refractivity contribution >= 4 is 41.6 Å². The molecule has 0 aliphatic heterocycles. The van der Waals surface area contributed by atoms with Crippen molar-refractivity contribution in [3.05, 3.63) is 34.3 Å². The van der Waals surface area contributed by atoms with Crippen LogP contribution >= 0.6 is 22.6 Å². The van der Waals surface area contributed by atoms with Crippen LogP contribution < -0.4 is 0 Å². The minimum atomic E-state index is -1.04. The van der Waals surface area contributed by atoms with Gasteiger partial charge in [0, 0.05) is 42.4 Å². The molecule has 1 aromatic carbocycles. The molecule has 5 nitrogen and oxygen atoms in total. The molecule has 0 aliphatic carbocycles. The zero-order valence-corrected chi connectivity index (χ0v) is 17.7. The Balaban J connectivity index is 1.79. The summed E-state index contributed by atoms with van der Waals surface area (Å²) in [6.07, 6.45) is 3.87. The molecule has 0 amide bonds. The highest BCUT2D eigenvalue weighted by Crippen LogP contribution is 2.27. The summed E-state index contributed by atoms with van der Waals surface area (Å²) in [5, 5.41) is 5.60. The third-order valence-corrected chi connectivity index (χ3v) is 6.48. The third kappa shape index (κ3) is 4.07. The molecule has 0 bridgehead atoms. The summed E-state index contributed by atoms with van der Waals surface area (Å²) in [4.78, 5) is 4.33. The number of hydrogen-bond acceptors (Lipinski definition) is 3. The Hall–Kier alpha value is -1.19. The Kier molecular flexibility index (Phi) is 5.12. The molecule has 0 saturated carbocycles. The summed E-state index contributed by atoms with van der Waals surface area (Å²) in [5.74, 6) is 0.759. The van der Waals surface area contributed by atoms with Gasteiger partial charge >= 0.3 is 0 Å². The number of ether oxygens (including phenoxy) is 1. The summed E-state index contributed by atoms with van der Waals surface area (Å²) < 4.78 is 11.0. The van der Waals surface area contributed by atoms with Gasteiger partial charge in [-0.3, -0.25) is 4.68 Å². The second-order valence-electron chi connectivity index (χ2n) is 7.27. The summed E-state index contributed by atoms with van der Waals surface area (Å²) in [6, 6.07) is 7.56. The van der Waals surface area contributed by atoms with Crippen LogP contribution in [0.5, 0.6) is 0 Å². The lowest BCUT2D eigenvalue weighted by Crippen LogP contribution is -2.21. The average molecular weight is 454 g/mol. The minimum Gasteiger partial charge on any atom is -0.361 e. The molecule has 0 radical (unpaired) electrons. The summed E-state index contributed by atoms with van der Waals surface area (Å²) in [7, 11) is 0.844. The quantitative estimate of drug-likeness (QED) is 0.316. The van der Waals surface area contributed by atoms with E-state index in [-0.39, 0.29) is 0 Å². The predicted octanol–water partition coefficient (Wildman–Crippen LogP) is 4.35. The molecule has 3 aromatic rings. The third-order valence-electron chi connectivity index (χ3n) is 3.92. The fraction of sp³-hybridized carbons (Fsp3) is 0.412. The van der Waals surface area contributed by atoms with Crippen molar-refractivity contribution in [1.29, 1.82) is 0 Å². The second kappa shape index (κ2) is 6.97. The van der Waals surface area contributed by atoms with Gasteiger partial charge < -0.3 is 9.30 Å². The largest absolute Gasteiger partial charge is 0.361 e. The molecule has 0 unspecified atom stereocenters. The number of aryl methyl sites for hydroxylation is 1. The number of hydrogen-bond donors (Lipinski definition) is 0. The second-order valence-corrected chi connectivity index (χ2v) is 14.1. The topological polar surface area (TPSA) is 44.9 Å². The summed E-state index contributed by atoms with van der Waals surface area (Å²) in [5.41, 5.74) is 2.23. The Bertz CT molecular complexity index is 850. The molecular weight excluding hydrogens is 431 g/mol. The fourth-order valence-corrected chi connectivity index (χ4v) is 4.04. The van der Waals surface area contributed by atoms with Crippen molar-refractivity contribution in [2.45, 2.75) is 32.4 Å². The highest BCUT2D eigenvalue weighted by molar-refractivity contribution is 14.1. The Morgan fingerprint density at radius 2 is 2.04 bits per heavy atom. The van der Waals surface area contributed by atoms with Gasteiger partial charge in [-0.15, -0.1) is 0 Å². The van der Waals surface area contributed by atoms with Crippen molar-refractivity contribution in [2.75, 3.05) is 6.61 Å². The smallest absolute Gasteiger partial charge is 0.181 e. The fourth-order valence-electron chi connectivity index (χ4n) is 2.51. The van der Waals surface area contributed by atoms with Gasteiger partial charge in [-0.25, -0.2) is 4.98 Å². The van der Waals surface area contributed by atoms with Gasteiger partial charge in [0.05, 0.1) is 5.52 Å². The zero-order chi connectivity index (χ0) is 17.3. The lowest BCUT2D eigenvalue weighted by molar-refractivity contribution is 0.0902. The number of benzene rings is 1. The Labute approximate surface area is 157 Å². The first-order chi connectivity index (χ1) is 11.3. The highest BCUT2D eigenvalue weighted by atomic mass is 127. The van der Waals surface area contributed by atoms with Crippen LogP contribution in [0, 0.1) is 3.57 Å². The summed E-state index contributed by atoms with van der Waals surface area (Å²) >= 11 is 2.38. The standard InChI is InChI=1S/C17H23IN4OSi/c1-21-11-19-17(20-21)13-5-6-16-14(9-13)15(18)10-22(16)12-23-7-8-24(2,3)4/h5-6,9-11H,7-8,12H2,1-4H3. The van der Waals surface area contributed by atoms with Crippen molar-refractivity contribution in [2.24, 2.45) is 7.05 Å². The maximum atomic E-state index is 5.90. The van der Waals surface area contributed by atoms with Crippen molar-refractivity contribution in [3.63, 3.8) is 0 Å². The number of fused-ring (bicyclic) bond motifs is 1. The molecule has 3 rings (SSSR count). The first kappa shape index (κ1) is 17.6. The lowest BCUT2D eigenvalue weighted by Gasteiger charge is -2.15. The van der Waals surface area contributed by atoms with Gasteiger partial charge in [0.1, 0.15) is 13.1 Å². The zero-order valence-electron chi connectivity index (χ0n) is 14.6. The maximum Gasteiger partial charge on any atom is 0.181 e. The monoisotopic (exact) mass is 454 g/mol. The molecule has 0 atom stereocenters. The molecule has 0 saturated heterocycles. The molecule has 0 N–H and O–H groups in total. The number of halogens is 1.